The van der Waals surface area contributed by atoms with Gasteiger partial charge in [-0.2, -0.15) is 0 Å². The molecule has 0 saturated carbocycles. The van der Waals surface area contributed by atoms with Crippen LogP contribution < -0.4 is 4.90 Å². The molecule has 0 radical (unpaired) electrons. The van der Waals surface area contributed by atoms with Crippen molar-refractivity contribution in [2.75, 3.05) is 4.90 Å². The van der Waals surface area contributed by atoms with Gasteiger partial charge in [0.25, 0.3) is 0 Å². The zero-order valence-corrected chi connectivity index (χ0v) is 32.2. The Morgan fingerprint density at radius 1 is 0.448 bits per heavy atom. The summed E-state index contributed by atoms with van der Waals surface area (Å²) in [6.45, 7) is 0. The van der Waals surface area contributed by atoms with Crippen molar-refractivity contribution in [3.05, 3.63) is 229 Å². The van der Waals surface area contributed by atoms with Gasteiger partial charge in [0.05, 0.1) is 11.1 Å². The zero-order chi connectivity index (χ0) is 38.2. The molecule has 3 nitrogen and oxygen atoms in total. The minimum atomic E-state index is -0.666. The third-order valence-electron chi connectivity index (χ3n) is 12.0. The molecule has 272 valence electrons. The highest BCUT2D eigenvalue weighted by Crippen LogP contribution is 2.58. The molecule has 1 aliphatic rings. The monoisotopic (exact) mass is 758 g/mol. The van der Waals surface area contributed by atoms with Crippen molar-refractivity contribution >= 4 is 70.5 Å². The highest BCUT2D eigenvalue weighted by molar-refractivity contribution is 7.25. The first kappa shape index (κ1) is 32.9. The average Bonchev–Trinajstić information content (AvgIpc) is 3.95. The van der Waals surface area contributed by atoms with Gasteiger partial charge in [-0.05, 0) is 88.5 Å². The van der Waals surface area contributed by atoms with Crippen molar-refractivity contribution in [3.63, 3.8) is 0 Å². The first-order chi connectivity index (χ1) is 28.8. The lowest BCUT2D eigenvalue weighted by atomic mass is 9.67. The lowest BCUT2D eigenvalue weighted by Gasteiger charge is -2.35. The second-order valence-electron chi connectivity index (χ2n) is 15.1. The SMILES string of the molecule is c1ccc(C2(c3cc(N(c4ccc(-c5ccccn5)cc4)c4ccc5c(c4)sc4ccccc45)cc4c3oc3ccccc34)c3ccccc3-c3ccccc32)cc1. The Bertz CT molecular complexity index is 3300. The minimum absolute atomic E-state index is 0.666. The number of benzene rings is 8. The fraction of sp³-hybridized carbons (Fsp3) is 0.0185. The molecule has 0 N–H and O–H groups in total. The molecule has 12 rings (SSSR count). The van der Waals surface area contributed by atoms with Gasteiger partial charge in [-0.25, -0.2) is 0 Å². The van der Waals surface area contributed by atoms with Crippen LogP contribution in [0.25, 0.3) is 64.5 Å². The lowest BCUT2D eigenvalue weighted by Crippen LogP contribution is -2.29. The molecule has 0 saturated heterocycles. The maximum absolute atomic E-state index is 7.05. The van der Waals surface area contributed by atoms with Crippen LogP contribution in [0, 0.1) is 0 Å². The fourth-order valence-corrected chi connectivity index (χ4v) is 10.7. The largest absolute Gasteiger partial charge is 0.456 e. The van der Waals surface area contributed by atoms with E-state index >= 15 is 0 Å². The molecule has 4 heteroatoms. The predicted octanol–water partition coefficient (Wildman–Crippen LogP) is 14.8. The summed E-state index contributed by atoms with van der Waals surface area (Å²) in [6.07, 6.45) is 1.85. The number of pyridine rings is 1. The molecule has 0 spiro atoms. The molecule has 3 heterocycles. The smallest absolute Gasteiger partial charge is 0.140 e. The number of aromatic nitrogens is 1. The van der Waals surface area contributed by atoms with E-state index in [1.54, 1.807) is 0 Å². The number of rotatable bonds is 6. The fourth-order valence-electron chi connectivity index (χ4n) is 9.51. The Kier molecular flexibility index (Phi) is 7.31. The molecule has 8 aromatic carbocycles. The van der Waals surface area contributed by atoms with Crippen LogP contribution in [0.4, 0.5) is 17.1 Å². The number of thiophene rings is 1. The molecule has 1 aliphatic carbocycles. The Morgan fingerprint density at radius 2 is 1.10 bits per heavy atom. The van der Waals surface area contributed by atoms with E-state index in [4.69, 9.17) is 4.42 Å². The van der Waals surface area contributed by atoms with Crippen LogP contribution in [0.1, 0.15) is 22.3 Å². The Hall–Kier alpha value is -7.27. The number of anilines is 3. The van der Waals surface area contributed by atoms with Crippen LogP contribution in [0.2, 0.25) is 0 Å². The molecule has 0 fully saturated rings. The molecule has 0 aliphatic heterocycles. The number of furan rings is 1. The first-order valence-corrected chi connectivity index (χ1v) is 20.5. The number of hydrogen-bond donors (Lipinski definition) is 0. The van der Waals surface area contributed by atoms with E-state index in [0.29, 0.717) is 0 Å². The Labute approximate surface area is 339 Å². The van der Waals surface area contributed by atoms with E-state index in [0.717, 1.165) is 55.8 Å². The normalized spacial score (nSPS) is 13.0. The molecule has 0 atom stereocenters. The maximum Gasteiger partial charge on any atom is 0.140 e. The van der Waals surface area contributed by atoms with Gasteiger partial charge in [0, 0.05) is 65.3 Å². The van der Waals surface area contributed by atoms with Crippen molar-refractivity contribution in [1.82, 2.24) is 4.98 Å². The summed E-state index contributed by atoms with van der Waals surface area (Å²) in [4.78, 5) is 7.08. The van der Waals surface area contributed by atoms with Gasteiger partial charge in [0.1, 0.15) is 11.2 Å². The van der Waals surface area contributed by atoms with Crippen molar-refractivity contribution < 1.29 is 4.42 Å². The predicted molar refractivity (Wildman–Crippen MR) is 242 cm³/mol. The van der Waals surface area contributed by atoms with Crippen molar-refractivity contribution in [3.8, 4) is 22.4 Å². The van der Waals surface area contributed by atoms with Crippen LogP contribution in [0.5, 0.6) is 0 Å². The number of para-hydroxylation sites is 1. The van der Waals surface area contributed by atoms with Gasteiger partial charge in [0.2, 0.25) is 0 Å². The van der Waals surface area contributed by atoms with Crippen molar-refractivity contribution in [2.24, 2.45) is 0 Å². The quantitative estimate of drug-likeness (QED) is 0.169. The van der Waals surface area contributed by atoms with Crippen molar-refractivity contribution in [2.45, 2.75) is 5.41 Å². The summed E-state index contributed by atoms with van der Waals surface area (Å²) in [6, 6.07) is 72.5. The van der Waals surface area contributed by atoms with E-state index in [9.17, 15) is 0 Å². The maximum atomic E-state index is 7.05. The summed E-state index contributed by atoms with van der Waals surface area (Å²) < 4.78 is 9.59. The van der Waals surface area contributed by atoms with Gasteiger partial charge in [0.15, 0.2) is 0 Å². The summed E-state index contributed by atoms with van der Waals surface area (Å²) in [7, 11) is 0. The summed E-state index contributed by atoms with van der Waals surface area (Å²) in [5.41, 5.74) is 13.6. The molecule has 11 aromatic rings. The van der Waals surface area contributed by atoms with Gasteiger partial charge < -0.3 is 9.32 Å². The van der Waals surface area contributed by atoms with Crippen LogP contribution >= 0.6 is 11.3 Å². The third-order valence-corrected chi connectivity index (χ3v) is 13.1. The summed E-state index contributed by atoms with van der Waals surface area (Å²) in [5, 5.41) is 4.73. The first-order valence-electron chi connectivity index (χ1n) is 19.7. The Balaban J connectivity index is 1.19. The molecular weight excluding hydrogens is 725 g/mol. The van der Waals surface area contributed by atoms with E-state index in [1.807, 2.05) is 29.7 Å². The average molecular weight is 759 g/mol. The van der Waals surface area contributed by atoms with Crippen LogP contribution in [-0.4, -0.2) is 4.98 Å². The van der Waals surface area contributed by atoms with Gasteiger partial charge in [-0.1, -0.05) is 140 Å². The molecule has 0 amide bonds. The number of nitrogens with zero attached hydrogens (tertiary/aromatic N) is 2. The van der Waals surface area contributed by atoms with E-state index in [1.165, 1.54) is 48.0 Å². The van der Waals surface area contributed by atoms with Crippen LogP contribution in [0.15, 0.2) is 211 Å². The van der Waals surface area contributed by atoms with Gasteiger partial charge >= 0.3 is 0 Å². The molecular formula is C54H34N2OS. The van der Waals surface area contributed by atoms with Gasteiger partial charge in [-0.15, -0.1) is 11.3 Å². The van der Waals surface area contributed by atoms with E-state index in [-0.39, 0.29) is 0 Å². The molecule has 3 aromatic heterocycles. The molecule has 0 bridgehead atoms. The lowest BCUT2D eigenvalue weighted by molar-refractivity contribution is 0.648. The summed E-state index contributed by atoms with van der Waals surface area (Å²) >= 11 is 1.84. The van der Waals surface area contributed by atoms with E-state index < -0.39 is 5.41 Å². The van der Waals surface area contributed by atoms with Gasteiger partial charge in [-0.3, -0.25) is 4.98 Å². The molecule has 58 heavy (non-hydrogen) atoms. The highest BCUT2D eigenvalue weighted by atomic mass is 32.1. The van der Waals surface area contributed by atoms with Crippen molar-refractivity contribution in [1.29, 1.82) is 0 Å². The Morgan fingerprint density at radius 3 is 1.88 bits per heavy atom. The zero-order valence-electron chi connectivity index (χ0n) is 31.3. The highest BCUT2D eigenvalue weighted by Gasteiger charge is 2.48. The van der Waals surface area contributed by atoms with E-state index in [2.05, 4.69) is 198 Å². The standard InChI is InChI=1S/C54H34N2OS/c1-2-14-36(15-3-1)54(46-20-8-4-16-40(46)41-17-5-9-21-47(41)54)48-33-39(32-45-42-18-6-10-23-50(42)57-53(45)48)56(37-27-25-35(26-28-37)49-22-12-13-31-55-49)38-29-30-44-43-19-7-11-24-51(43)58-52(44)34-38/h1-34H. The van der Waals surface area contributed by atoms with Crippen LogP contribution in [0.3, 0.4) is 0 Å². The number of hydrogen-bond acceptors (Lipinski definition) is 4. The second-order valence-corrected chi connectivity index (χ2v) is 16.1. The molecule has 0 unspecified atom stereocenters. The number of fused-ring (bicyclic) bond motifs is 9. The second kappa shape index (κ2) is 12.9. The minimum Gasteiger partial charge on any atom is -0.456 e. The topological polar surface area (TPSA) is 29.3 Å². The summed E-state index contributed by atoms with van der Waals surface area (Å²) in [5.74, 6) is 0. The third kappa shape index (κ3) is 4.82. The van der Waals surface area contributed by atoms with Crippen LogP contribution in [-0.2, 0) is 5.41 Å².